The SMILES string of the molecule is CC(=O)c1cccc(NCN2C(=O)[C@@H]3[C@H]4C=C[C@@H]([C@@H]5C[C@H]45)[C@H]3C2=O)c1. The number of imide groups is 1. The smallest absolute Gasteiger partial charge is 0.235 e. The topological polar surface area (TPSA) is 66.5 Å². The minimum atomic E-state index is -0.156. The van der Waals surface area contributed by atoms with Crippen LogP contribution in [-0.2, 0) is 9.59 Å². The van der Waals surface area contributed by atoms with Crippen molar-refractivity contribution in [2.24, 2.45) is 35.5 Å². The molecule has 1 aliphatic heterocycles. The quantitative estimate of drug-likeness (QED) is 0.520. The Morgan fingerprint density at radius 1 is 1.12 bits per heavy atom. The average molecular weight is 336 g/mol. The molecule has 6 rings (SSSR count). The molecule has 2 amide bonds. The van der Waals surface area contributed by atoms with E-state index in [9.17, 15) is 14.4 Å². The van der Waals surface area contributed by atoms with Crippen molar-refractivity contribution in [1.29, 1.82) is 0 Å². The molecule has 128 valence electrons. The molecule has 4 aliphatic carbocycles. The second-order valence-corrected chi connectivity index (χ2v) is 7.73. The van der Waals surface area contributed by atoms with Crippen LogP contribution in [0.5, 0.6) is 0 Å². The lowest BCUT2D eigenvalue weighted by Gasteiger charge is -2.37. The van der Waals surface area contributed by atoms with Gasteiger partial charge in [-0.3, -0.25) is 19.3 Å². The summed E-state index contributed by atoms with van der Waals surface area (Å²) in [6.45, 7) is 1.69. The second kappa shape index (κ2) is 5.04. The molecule has 5 aliphatic rings. The lowest BCUT2D eigenvalue weighted by molar-refractivity contribution is -0.139. The number of nitrogens with one attached hydrogen (secondary N) is 1. The molecule has 1 heterocycles. The Morgan fingerprint density at radius 3 is 2.36 bits per heavy atom. The zero-order valence-electron chi connectivity index (χ0n) is 14.0. The molecule has 5 heteroatoms. The van der Waals surface area contributed by atoms with Gasteiger partial charge in [-0.2, -0.15) is 0 Å². The largest absolute Gasteiger partial charge is 0.367 e. The van der Waals surface area contributed by atoms with Gasteiger partial charge in [-0.15, -0.1) is 0 Å². The van der Waals surface area contributed by atoms with Gasteiger partial charge in [0.05, 0.1) is 18.5 Å². The van der Waals surface area contributed by atoms with Crippen LogP contribution in [0.25, 0.3) is 0 Å². The van der Waals surface area contributed by atoms with E-state index in [4.69, 9.17) is 0 Å². The molecular formula is C20H20N2O3. The van der Waals surface area contributed by atoms with E-state index in [-0.39, 0.29) is 47.9 Å². The van der Waals surface area contributed by atoms with Gasteiger partial charge in [-0.1, -0.05) is 24.3 Å². The van der Waals surface area contributed by atoms with E-state index in [0.717, 1.165) is 5.69 Å². The summed E-state index contributed by atoms with van der Waals surface area (Å²) in [6.07, 6.45) is 5.53. The lowest BCUT2D eigenvalue weighted by Crippen LogP contribution is -2.40. The van der Waals surface area contributed by atoms with Crippen molar-refractivity contribution in [2.75, 3.05) is 12.0 Å². The van der Waals surface area contributed by atoms with Gasteiger partial charge in [-0.05, 0) is 49.1 Å². The normalized spacial score (nSPS) is 37.1. The van der Waals surface area contributed by atoms with Gasteiger partial charge in [0, 0.05) is 11.3 Å². The Labute approximate surface area is 146 Å². The molecule has 2 saturated carbocycles. The zero-order chi connectivity index (χ0) is 17.3. The fraction of sp³-hybridized carbons (Fsp3) is 0.450. The van der Waals surface area contributed by atoms with Crippen LogP contribution in [-0.4, -0.2) is 29.2 Å². The van der Waals surface area contributed by atoms with Gasteiger partial charge in [0.15, 0.2) is 5.78 Å². The summed E-state index contributed by atoms with van der Waals surface area (Å²) in [5, 5.41) is 3.14. The number of hydrogen-bond acceptors (Lipinski definition) is 4. The van der Waals surface area contributed by atoms with Crippen molar-refractivity contribution in [1.82, 2.24) is 4.90 Å². The molecule has 25 heavy (non-hydrogen) atoms. The van der Waals surface area contributed by atoms with E-state index in [1.165, 1.54) is 18.2 Å². The maximum atomic E-state index is 12.9. The van der Waals surface area contributed by atoms with E-state index >= 15 is 0 Å². The Kier molecular flexibility index (Phi) is 3.00. The van der Waals surface area contributed by atoms with Crippen LogP contribution in [0.2, 0.25) is 0 Å². The Bertz CT molecular complexity index is 794. The van der Waals surface area contributed by atoms with Crippen LogP contribution >= 0.6 is 0 Å². The highest BCUT2D eigenvalue weighted by Crippen LogP contribution is 2.65. The lowest BCUT2D eigenvalue weighted by atomic mass is 9.63. The first-order valence-corrected chi connectivity index (χ1v) is 8.94. The molecule has 1 saturated heterocycles. The second-order valence-electron chi connectivity index (χ2n) is 7.73. The molecule has 0 radical (unpaired) electrons. The number of Topliss-reactive ketones (excluding diaryl/α,β-unsaturated/α-hetero) is 1. The molecule has 6 atom stereocenters. The number of nitrogens with zero attached hydrogens (tertiary/aromatic N) is 1. The predicted octanol–water partition coefficient (Wildman–Crippen LogP) is 2.31. The van der Waals surface area contributed by atoms with E-state index in [2.05, 4.69) is 17.5 Å². The van der Waals surface area contributed by atoms with Crippen molar-refractivity contribution in [3.63, 3.8) is 0 Å². The highest BCUT2D eigenvalue weighted by molar-refractivity contribution is 6.06. The maximum absolute atomic E-state index is 12.9. The summed E-state index contributed by atoms with van der Waals surface area (Å²) in [5.74, 6) is 1.36. The van der Waals surface area contributed by atoms with Crippen molar-refractivity contribution >= 4 is 23.3 Å². The molecule has 0 spiro atoms. The fourth-order valence-electron chi connectivity index (χ4n) is 5.19. The van der Waals surface area contributed by atoms with Gasteiger partial charge in [0.25, 0.3) is 0 Å². The van der Waals surface area contributed by atoms with Crippen molar-refractivity contribution < 1.29 is 14.4 Å². The number of anilines is 1. The molecule has 2 bridgehead atoms. The van der Waals surface area contributed by atoms with Crippen LogP contribution in [0.4, 0.5) is 5.69 Å². The number of amides is 2. The Morgan fingerprint density at radius 2 is 1.76 bits per heavy atom. The third-order valence-electron chi connectivity index (χ3n) is 6.46. The van der Waals surface area contributed by atoms with Crippen LogP contribution in [0, 0.1) is 35.5 Å². The monoisotopic (exact) mass is 336 g/mol. The van der Waals surface area contributed by atoms with Crippen LogP contribution in [0.1, 0.15) is 23.7 Å². The van der Waals surface area contributed by atoms with Crippen molar-refractivity contribution in [2.45, 2.75) is 13.3 Å². The molecule has 0 aromatic heterocycles. The van der Waals surface area contributed by atoms with Gasteiger partial charge >= 0.3 is 0 Å². The number of ketones is 1. The highest BCUT2D eigenvalue weighted by atomic mass is 16.2. The molecule has 0 unspecified atom stereocenters. The number of hydrogen-bond donors (Lipinski definition) is 1. The maximum Gasteiger partial charge on any atom is 0.235 e. The first kappa shape index (κ1) is 14.9. The summed E-state index contributed by atoms with van der Waals surface area (Å²) < 4.78 is 0. The first-order chi connectivity index (χ1) is 12.1. The standard InChI is InChI=1S/C20H20N2O3/c1-10(23)11-3-2-4-12(7-11)21-9-22-19(24)17-13-5-6-14(16-8-15(13)16)18(17)20(22)25/h2-7,13-18,21H,8-9H2,1H3/t13-,14-,15-,16+,17+,18+/m0/s1. The van der Waals surface area contributed by atoms with Crippen LogP contribution in [0.3, 0.4) is 0 Å². The van der Waals surface area contributed by atoms with Crippen molar-refractivity contribution in [3.8, 4) is 0 Å². The van der Waals surface area contributed by atoms with E-state index in [1.54, 1.807) is 18.2 Å². The molecule has 5 nitrogen and oxygen atoms in total. The average Bonchev–Trinajstić information content (AvgIpc) is 3.39. The number of carbonyl (C=O) groups is 3. The molecule has 1 N–H and O–H groups in total. The van der Waals surface area contributed by atoms with Gasteiger partial charge in [0.1, 0.15) is 0 Å². The molecule has 1 aromatic rings. The summed E-state index contributed by atoms with van der Waals surface area (Å²) >= 11 is 0. The van der Waals surface area contributed by atoms with Crippen LogP contribution < -0.4 is 5.32 Å². The molecule has 3 fully saturated rings. The summed E-state index contributed by atoms with van der Waals surface area (Å²) in [6, 6.07) is 7.14. The first-order valence-electron chi connectivity index (χ1n) is 8.94. The summed E-state index contributed by atoms with van der Waals surface area (Å²) in [5.41, 5.74) is 1.35. The fourth-order valence-corrected chi connectivity index (χ4v) is 5.19. The summed E-state index contributed by atoms with van der Waals surface area (Å²) in [7, 11) is 0. The molecular weight excluding hydrogens is 316 g/mol. The minimum Gasteiger partial charge on any atom is -0.367 e. The molecule has 1 aromatic carbocycles. The van der Waals surface area contributed by atoms with Gasteiger partial charge < -0.3 is 5.32 Å². The minimum absolute atomic E-state index is 0.00938. The Hall–Kier alpha value is -2.43. The number of allylic oxidation sites excluding steroid dienone is 2. The van der Waals surface area contributed by atoms with E-state index in [1.807, 2.05) is 6.07 Å². The Balaban J connectivity index is 1.34. The number of likely N-dealkylation sites (tertiary alicyclic amines) is 1. The number of rotatable bonds is 4. The van der Waals surface area contributed by atoms with Gasteiger partial charge in [-0.25, -0.2) is 0 Å². The number of benzene rings is 1. The highest BCUT2D eigenvalue weighted by Gasteiger charge is 2.66. The van der Waals surface area contributed by atoms with Gasteiger partial charge in [0.2, 0.25) is 11.8 Å². The predicted molar refractivity (Wildman–Crippen MR) is 91.5 cm³/mol. The van der Waals surface area contributed by atoms with E-state index < -0.39 is 0 Å². The van der Waals surface area contributed by atoms with Crippen molar-refractivity contribution in [3.05, 3.63) is 42.0 Å². The van der Waals surface area contributed by atoms with E-state index in [0.29, 0.717) is 17.4 Å². The zero-order valence-corrected chi connectivity index (χ0v) is 14.0. The third-order valence-corrected chi connectivity index (χ3v) is 6.46. The third kappa shape index (κ3) is 2.04. The van der Waals surface area contributed by atoms with Crippen LogP contribution in [0.15, 0.2) is 36.4 Å². The summed E-state index contributed by atoms with van der Waals surface area (Å²) in [4.78, 5) is 38.6. The number of carbonyl (C=O) groups excluding carboxylic acids is 3.